The summed E-state index contributed by atoms with van der Waals surface area (Å²) in [5.41, 5.74) is 0. The van der Waals surface area contributed by atoms with Crippen LogP contribution in [0.25, 0.3) is 0 Å². The predicted octanol–water partition coefficient (Wildman–Crippen LogP) is -0.271. The van der Waals surface area contributed by atoms with E-state index in [0.717, 1.165) is 17.6 Å². The summed E-state index contributed by atoms with van der Waals surface area (Å²) in [5.74, 6) is 0.120. The highest BCUT2D eigenvalue weighted by atomic mass is 32.2. The van der Waals surface area contributed by atoms with Crippen LogP contribution in [0.5, 0.6) is 0 Å². The summed E-state index contributed by atoms with van der Waals surface area (Å²) in [7, 11) is 1.86. The van der Waals surface area contributed by atoms with Gasteiger partial charge in [0.25, 0.3) is 0 Å². The number of aliphatic hydroxyl groups excluding tert-OH is 1. The Hall–Kier alpha value is -1.87. The lowest BCUT2D eigenvalue weighted by atomic mass is 10.5. The first-order chi connectivity index (χ1) is 9.11. The molecular formula is C10H13N5O3S. The zero-order chi connectivity index (χ0) is 13.8. The molecule has 8 nitrogen and oxygen atoms in total. The second-order valence-electron chi connectivity index (χ2n) is 3.78. The van der Waals surface area contributed by atoms with Gasteiger partial charge in [-0.05, 0) is 0 Å². The molecule has 2 aromatic rings. The maximum Gasteiger partial charge on any atom is 0.313 e. The van der Waals surface area contributed by atoms with Gasteiger partial charge in [0.2, 0.25) is 0 Å². The quantitative estimate of drug-likeness (QED) is 0.703. The van der Waals surface area contributed by atoms with Crippen molar-refractivity contribution in [3.63, 3.8) is 0 Å². The molecular weight excluding hydrogens is 270 g/mol. The molecule has 0 atom stereocenters. The molecule has 0 amide bonds. The van der Waals surface area contributed by atoms with Gasteiger partial charge < -0.3 is 14.8 Å². The average molecular weight is 283 g/mol. The van der Waals surface area contributed by atoms with Crippen molar-refractivity contribution in [1.82, 2.24) is 24.3 Å². The lowest BCUT2D eigenvalue weighted by Gasteiger charge is -2.08. The number of aliphatic hydroxyl groups is 1. The highest BCUT2D eigenvalue weighted by molar-refractivity contribution is 7.99. The highest BCUT2D eigenvalue weighted by Gasteiger charge is 2.15. The molecule has 0 saturated heterocycles. The Morgan fingerprint density at radius 3 is 2.79 bits per heavy atom. The summed E-state index contributed by atoms with van der Waals surface area (Å²) >= 11 is 1.06. The first-order valence-corrected chi connectivity index (χ1v) is 6.44. The first kappa shape index (κ1) is 13.6. The fourth-order valence-electron chi connectivity index (χ4n) is 1.52. The number of imidazole rings is 1. The molecule has 0 aliphatic rings. The molecule has 0 unspecified atom stereocenters. The summed E-state index contributed by atoms with van der Waals surface area (Å²) in [5, 5.41) is 26.1. The summed E-state index contributed by atoms with van der Waals surface area (Å²) in [4.78, 5) is 14.8. The Morgan fingerprint density at radius 1 is 1.42 bits per heavy atom. The number of carbonyl (C=O) groups is 1. The molecule has 2 aromatic heterocycles. The van der Waals surface area contributed by atoms with Crippen molar-refractivity contribution in [3.05, 3.63) is 24.0 Å². The van der Waals surface area contributed by atoms with Gasteiger partial charge in [0, 0.05) is 19.4 Å². The van der Waals surface area contributed by atoms with Crippen molar-refractivity contribution >= 4 is 17.7 Å². The molecule has 2 rings (SSSR count). The number of hydrogen-bond donors (Lipinski definition) is 2. The second-order valence-corrected chi connectivity index (χ2v) is 4.72. The van der Waals surface area contributed by atoms with Crippen LogP contribution >= 0.6 is 11.8 Å². The fourth-order valence-corrected chi connectivity index (χ4v) is 2.19. The molecule has 0 aliphatic heterocycles. The van der Waals surface area contributed by atoms with E-state index in [4.69, 9.17) is 5.11 Å². The van der Waals surface area contributed by atoms with E-state index in [2.05, 4.69) is 15.2 Å². The van der Waals surface area contributed by atoms with Crippen molar-refractivity contribution < 1.29 is 15.0 Å². The van der Waals surface area contributed by atoms with Crippen LogP contribution in [0, 0.1) is 0 Å². The zero-order valence-corrected chi connectivity index (χ0v) is 11.0. The van der Waals surface area contributed by atoms with Crippen LogP contribution in [0.1, 0.15) is 11.6 Å². The molecule has 9 heteroatoms. The molecule has 102 valence electrons. The molecule has 0 fully saturated rings. The van der Waals surface area contributed by atoms with Crippen molar-refractivity contribution in [2.24, 2.45) is 7.05 Å². The van der Waals surface area contributed by atoms with E-state index in [1.165, 1.54) is 0 Å². The number of hydrogen-bond acceptors (Lipinski definition) is 6. The minimum Gasteiger partial charge on any atom is -0.481 e. The number of nitrogens with zero attached hydrogens (tertiary/aromatic N) is 5. The van der Waals surface area contributed by atoms with E-state index in [1.807, 2.05) is 17.8 Å². The fraction of sp³-hybridized carbons (Fsp3) is 0.400. The monoisotopic (exact) mass is 283 g/mol. The maximum absolute atomic E-state index is 10.6. The third kappa shape index (κ3) is 3.12. The van der Waals surface area contributed by atoms with E-state index < -0.39 is 5.97 Å². The third-order valence-electron chi connectivity index (χ3n) is 2.48. The maximum atomic E-state index is 10.6. The molecule has 0 bridgehead atoms. The molecule has 0 spiro atoms. The van der Waals surface area contributed by atoms with E-state index in [-0.39, 0.29) is 12.4 Å². The largest absolute Gasteiger partial charge is 0.481 e. The van der Waals surface area contributed by atoms with Gasteiger partial charge in [-0.3, -0.25) is 9.36 Å². The van der Waals surface area contributed by atoms with Gasteiger partial charge >= 0.3 is 5.97 Å². The van der Waals surface area contributed by atoms with Crippen LogP contribution in [0.15, 0.2) is 17.6 Å². The molecule has 19 heavy (non-hydrogen) atoms. The van der Waals surface area contributed by atoms with Crippen LogP contribution in [0.2, 0.25) is 0 Å². The van der Waals surface area contributed by atoms with Crippen LogP contribution in [-0.4, -0.2) is 46.3 Å². The number of carboxylic acids is 1. The summed E-state index contributed by atoms with van der Waals surface area (Å²) in [6.45, 7) is 0.124. The van der Waals surface area contributed by atoms with Crippen LogP contribution in [0.3, 0.4) is 0 Å². The molecule has 0 aromatic carbocycles. The number of aryl methyl sites for hydroxylation is 1. The lowest BCUT2D eigenvalue weighted by Crippen LogP contribution is -2.11. The van der Waals surface area contributed by atoms with Gasteiger partial charge in [0.1, 0.15) is 12.4 Å². The zero-order valence-electron chi connectivity index (χ0n) is 10.2. The van der Waals surface area contributed by atoms with Gasteiger partial charge in [-0.2, -0.15) is 0 Å². The van der Waals surface area contributed by atoms with Crippen molar-refractivity contribution in [2.75, 3.05) is 5.75 Å². The van der Waals surface area contributed by atoms with Gasteiger partial charge in [-0.25, -0.2) is 4.98 Å². The smallest absolute Gasteiger partial charge is 0.313 e. The van der Waals surface area contributed by atoms with E-state index in [0.29, 0.717) is 17.5 Å². The molecule has 0 aliphatic carbocycles. The molecule has 0 radical (unpaired) electrons. The molecule has 2 N–H and O–H groups in total. The van der Waals surface area contributed by atoms with Crippen LogP contribution in [0.4, 0.5) is 0 Å². The summed E-state index contributed by atoms with van der Waals surface area (Å²) in [6.07, 6.45) is 3.48. The summed E-state index contributed by atoms with van der Waals surface area (Å²) < 4.78 is 3.50. The first-order valence-electron chi connectivity index (χ1n) is 5.45. The topological polar surface area (TPSA) is 106 Å². The van der Waals surface area contributed by atoms with Gasteiger partial charge in [0.15, 0.2) is 11.0 Å². The summed E-state index contributed by atoms with van der Waals surface area (Å²) in [6, 6.07) is 0. The molecule has 2 heterocycles. The second kappa shape index (κ2) is 5.85. The number of carboxylic acid groups (broad SMARTS) is 1. The Kier molecular flexibility index (Phi) is 4.17. The highest BCUT2D eigenvalue weighted by Crippen LogP contribution is 2.18. The lowest BCUT2D eigenvalue weighted by molar-refractivity contribution is -0.133. The number of aliphatic carboxylic acids is 1. The normalized spacial score (nSPS) is 10.8. The Labute approximate surface area is 113 Å². The van der Waals surface area contributed by atoms with Gasteiger partial charge in [0.05, 0.1) is 12.3 Å². The third-order valence-corrected chi connectivity index (χ3v) is 3.43. The van der Waals surface area contributed by atoms with Crippen molar-refractivity contribution in [1.29, 1.82) is 0 Å². The Morgan fingerprint density at radius 2 is 2.21 bits per heavy atom. The number of thioether (sulfide) groups is 1. The SMILES string of the molecule is Cn1ccnc1Cn1c(CO)nnc1SCC(=O)O. The number of aromatic nitrogens is 5. The Balaban J connectivity index is 2.23. The molecule has 0 saturated carbocycles. The van der Waals surface area contributed by atoms with E-state index in [1.54, 1.807) is 10.8 Å². The predicted molar refractivity (Wildman–Crippen MR) is 66.6 cm³/mol. The van der Waals surface area contributed by atoms with E-state index >= 15 is 0 Å². The number of rotatable bonds is 6. The van der Waals surface area contributed by atoms with Crippen LogP contribution in [-0.2, 0) is 25.0 Å². The van der Waals surface area contributed by atoms with Gasteiger partial charge in [-0.1, -0.05) is 11.8 Å². The van der Waals surface area contributed by atoms with Gasteiger partial charge in [-0.15, -0.1) is 10.2 Å². The minimum absolute atomic E-state index is 0.107. The van der Waals surface area contributed by atoms with E-state index in [9.17, 15) is 9.90 Å². The van der Waals surface area contributed by atoms with Crippen molar-refractivity contribution in [3.8, 4) is 0 Å². The average Bonchev–Trinajstić information content (AvgIpc) is 2.95. The Bertz CT molecular complexity index is 579. The van der Waals surface area contributed by atoms with Crippen molar-refractivity contribution in [2.45, 2.75) is 18.3 Å². The minimum atomic E-state index is -0.929. The van der Waals surface area contributed by atoms with Crippen LogP contribution < -0.4 is 0 Å². The standard InChI is InChI=1S/C10H13N5O3S/c1-14-3-2-11-7(14)4-15-8(5-16)12-13-10(15)19-6-9(17)18/h2-3,16H,4-6H2,1H3,(H,17,18).